The molecule has 0 bridgehead atoms. The number of carbonyl (C=O) groups is 1. The Kier molecular flexibility index (Phi) is 4.75. The van der Waals surface area contributed by atoms with Crippen LogP contribution in [0.4, 0.5) is 0 Å². The Bertz CT molecular complexity index is 1030. The van der Waals surface area contributed by atoms with Gasteiger partial charge in [-0.25, -0.2) is 14.8 Å². The van der Waals surface area contributed by atoms with Crippen LogP contribution in [0.1, 0.15) is 37.7 Å². The van der Waals surface area contributed by atoms with Crippen LogP contribution < -0.4 is 5.69 Å². The zero-order valence-electron chi connectivity index (χ0n) is 15.0. The van der Waals surface area contributed by atoms with Crippen LogP contribution in [0.2, 0.25) is 0 Å². The summed E-state index contributed by atoms with van der Waals surface area (Å²) in [7, 11) is 0. The number of H-pyrrole nitrogens is 1. The molecule has 7 nitrogen and oxygen atoms in total. The fraction of sp³-hybridized carbons (Fsp3) is 0.400. The molecule has 1 aliphatic carbocycles. The lowest BCUT2D eigenvalue weighted by Crippen LogP contribution is -2.23. The van der Waals surface area contributed by atoms with E-state index in [1.165, 1.54) is 19.3 Å². The number of carboxylic acid groups (broad SMARTS) is 1. The molecule has 4 rings (SSSR count). The molecule has 0 saturated heterocycles. The third kappa shape index (κ3) is 3.77. The van der Waals surface area contributed by atoms with E-state index < -0.39 is 5.97 Å². The number of hydrogen-bond acceptors (Lipinski definition) is 4. The fourth-order valence-corrected chi connectivity index (χ4v) is 3.87. The highest BCUT2D eigenvalue weighted by molar-refractivity contribution is 5.73. The molecule has 0 radical (unpaired) electrons. The summed E-state index contributed by atoms with van der Waals surface area (Å²) in [4.78, 5) is 35.2. The Hall–Kier alpha value is -2.96. The number of aromatic nitrogens is 4. The van der Waals surface area contributed by atoms with E-state index in [4.69, 9.17) is 5.11 Å². The lowest BCUT2D eigenvalue weighted by atomic mass is 9.89. The Morgan fingerprint density at radius 2 is 2.07 bits per heavy atom. The average molecular weight is 366 g/mol. The predicted molar refractivity (Wildman–Crippen MR) is 101 cm³/mol. The van der Waals surface area contributed by atoms with Crippen molar-refractivity contribution in [2.45, 2.75) is 45.1 Å². The van der Waals surface area contributed by atoms with Crippen LogP contribution in [0.25, 0.3) is 22.6 Å². The van der Waals surface area contributed by atoms with Crippen LogP contribution in [0.15, 0.2) is 35.3 Å². The van der Waals surface area contributed by atoms with Crippen LogP contribution in [-0.4, -0.2) is 30.6 Å². The lowest BCUT2D eigenvalue weighted by Gasteiger charge is -2.21. The third-order valence-electron chi connectivity index (χ3n) is 5.22. The van der Waals surface area contributed by atoms with Crippen molar-refractivity contribution in [2.24, 2.45) is 5.92 Å². The lowest BCUT2D eigenvalue weighted by molar-refractivity contribution is -0.136. The Labute approximate surface area is 156 Å². The van der Waals surface area contributed by atoms with Crippen molar-refractivity contribution in [1.82, 2.24) is 19.5 Å². The van der Waals surface area contributed by atoms with Crippen molar-refractivity contribution >= 4 is 17.3 Å². The summed E-state index contributed by atoms with van der Waals surface area (Å²) < 4.78 is 1.70. The molecule has 0 atom stereocenters. The van der Waals surface area contributed by atoms with Gasteiger partial charge in [0.2, 0.25) is 0 Å². The second kappa shape index (κ2) is 7.34. The largest absolute Gasteiger partial charge is 0.481 e. The SMILES string of the molecule is O=C(O)Cc1cccc(-c2cnc3[nH]c(=O)n(CC4CCCCC4)c3n2)c1. The highest BCUT2D eigenvalue weighted by Crippen LogP contribution is 2.26. The molecular weight excluding hydrogens is 344 g/mol. The summed E-state index contributed by atoms with van der Waals surface area (Å²) in [6.07, 6.45) is 7.57. The molecule has 0 unspecified atom stereocenters. The fourth-order valence-electron chi connectivity index (χ4n) is 3.87. The first-order valence-corrected chi connectivity index (χ1v) is 9.37. The smallest absolute Gasteiger partial charge is 0.328 e. The second-order valence-electron chi connectivity index (χ2n) is 7.24. The summed E-state index contributed by atoms with van der Waals surface area (Å²) in [5.41, 5.74) is 3.00. The average Bonchev–Trinajstić information content (AvgIpc) is 2.97. The van der Waals surface area contributed by atoms with Crippen molar-refractivity contribution in [3.05, 3.63) is 46.5 Å². The van der Waals surface area contributed by atoms with Crippen molar-refractivity contribution < 1.29 is 9.90 Å². The van der Waals surface area contributed by atoms with E-state index in [2.05, 4.69) is 15.0 Å². The van der Waals surface area contributed by atoms with E-state index in [9.17, 15) is 9.59 Å². The quantitative estimate of drug-likeness (QED) is 0.723. The van der Waals surface area contributed by atoms with Gasteiger partial charge in [0.15, 0.2) is 11.3 Å². The normalized spacial score (nSPS) is 15.3. The molecule has 0 spiro atoms. The van der Waals surface area contributed by atoms with Gasteiger partial charge in [0, 0.05) is 12.1 Å². The number of benzene rings is 1. The molecule has 1 aromatic carbocycles. The molecule has 0 amide bonds. The maximum Gasteiger partial charge on any atom is 0.328 e. The molecule has 1 aliphatic rings. The van der Waals surface area contributed by atoms with Gasteiger partial charge in [-0.3, -0.25) is 14.3 Å². The maximum absolute atomic E-state index is 12.4. The van der Waals surface area contributed by atoms with Crippen LogP contribution >= 0.6 is 0 Å². The Morgan fingerprint density at radius 3 is 2.85 bits per heavy atom. The molecule has 1 saturated carbocycles. The monoisotopic (exact) mass is 366 g/mol. The van der Waals surface area contributed by atoms with Crippen LogP contribution in [0, 0.1) is 5.92 Å². The molecule has 2 aromatic heterocycles. The van der Waals surface area contributed by atoms with Crippen LogP contribution in [0.5, 0.6) is 0 Å². The van der Waals surface area contributed by atoms with Gasteiger partial charge < -0.3 is 5.11 Å². The first-order valence-electron chi connectivity index (χ1n) is 9.37. The molecule has 27 heavy (non-hydrogen) atoms. The van der Waals surface area contributed by atoms with Crippen molar-refractivity contribution in [3.8, 4) is 11.3 Å². The molecule has 7 heteroatoms. The molecule has 1 fully saturated rings. The molecule has 2 N–H and O–H groups in total. The van der Waals surface area contributed by atoms with E-state index in [1.807, 2.05) is 12.1 Å². The Balaban J connectivity index is 1.70. The number of imidazole rings is 1. The highest BCUT2D eigenvalue weighted by Gasteiger charge is 2.18. The molecule has 3 aromatic rings. The third-order valence-corrected chi connectivity index (χ3v) is 5.22. The minimum absolute atomic E-state index is 0.0416. The van der Waals surface area contributed by atoms with Gasteiger partial charge in [0.25, 0.3) is 0 Å². The minimum Gasteiger partial charge on any atom is -0.481 e. The number of nitrogens with zero attached hydrogens (tertiary/aromatic N) is 3. The first-order chi connectivity index (χ1) is 13.1. The van der Waals surface area contributed by atoms with E-state index in [1.54, 1.807) is 22.9 Å². The summed E-state index contributed by atoms with van der Waals surface area (Å²) in [5, 5.41) is 8.99. The van der Waals surface area contributed by atoms with E-state index in [0.29, 0.717) is 35.0 Å². The number of aliphatic carboxylic acids is 1. The van der Waals surface area contributed by atoms with E-state index >= 15 is 0 Å². The zero-order chi connectivity index (χ0) is 18.8. The molecule has 2 heterocycles. The van der Waals surface area contributed by atoms with Gasteiger partial charge in [-0.05, 0) is 30.4 Å². The van der Waals surface area contributed by atoms with Gasteiger partial charge >= 0.3 is 11.7 Å². The van der Waals surface area contributed by atoms with Gasteiger partial charge in [-0.15, -0.1) is 0 Å². The molecule has 0 aliphatic heterocycles. The number of rotatable bonds is 5. The van der Waals surface area contributed by atoms with Crippen molar-refractivity contribution in [3.63, 3.8) is 0 Å². The van der Waals surface area contributed by atoms with E-state index in [0.717, 1.165) is 18.4 Å². The number of aromatic amines is 1. The van der Waals surface area contributed by atoms with Gasteiger partial charge in [0.05, 0.1) is 18.3 Å². The maximum atomic E-state index is 12.4. The number of hydrogen-bond donors (Lipinski definition) is 2. The predicted octanol–water partition coefficient (Wildman–Crippen LogP) is 2.99. The van der Waals surface area contributed by atoms with Gasteiger partial charge in [-0.2, -0.15) is 0 Å². The summed E-state index contributed by atoms with van der Waals surface area (Å²) in [5.74, 6) is -0.375. The standard InChI is InChI=1S/C20H22N4O3/c25-17(26)10-14-7-4-8-15(9-14)16-11-21-18-19(22-16)24(20(27)23-18)12-13-5-2-1-3-6-13/h4,7-9,11,13H,1-3,5-6,10,12H2,(H,25,26)(H,21,23,27). The summed E-state index contributed by atoms with van der Waals surface area (Å²) >= 11 is 0. The first kappa shape index (κ1) is 17.5. The number of nitrogens with one attached hydrogen (secondary N) is 1. The number of carboxylic acids is 1. The Morgan fingerprint density at radius 1 is 1.26 bits per heavy atom. The molecular formula is C20H22N4O3. The summed E-state index contributed by atoms with van der Waals surface area (Å²) in [6.45, 7) is 0.663. The van der Waals surface area contributed by atoms with Crippen LogP contribution in [0.3, 0.4) is 0 Å². The van der Waals surface area contributed by atoms with Crippen molar-refractivity contribution in [2.75, 3.05) is 0 Å². The zero-order valence-corrected chi connectivity index (χ0v) is 15.0. The summed E-state index contributed by atoms with van der Waals surface area (Å²) in [6, 6.07) is 7.27. The topological polar surface area (TPSA) is 101 Å². The second-order valence-corrected chi connectivity index (χ2v) is 7.24. The van der Waals surface area contributed by atoms with Gasteiger partial charge in [0.1, 0.15) is 0 Å². The van der Waals surface area contributed by atoms with Gasteiger partial charge in [-0.1, -0.05) is 37.5 Å². The van der Waals surface area contributed by atoms with Crippen molar-refractivity contribution in [1.29, 1.82) is 0 Å². The number of fused-ring (bicyclic) bond motifs is 1. The molecule has 140 valence electrons. The van der Waals surface area contributed by atoms with Crippen LogP contribution in [-0.2, 0) is 17.8 Å². The minimum atomic E-state index is -0.874. The van der Waals surface area contributed by atoms with E-state index in [-0.39, 0.29) is 12.1 Å². The highest BCUT2D eigenvalue weighted by atomic mass is 16.4.